The van der Waals surface area contributed by atoms with Gasteiger partial charge >= 0.3 is 0 Å². The van der Waals surface area contributed by atoms with Gasteiger partial charge < -0.3 is 15.2 Å². The molecule has 0 amide bonds. The number of ether oxygens (including phenoxy) is 2. The van der Waals surface area contributed by atoms with Gasteiger partial charge in [0.2, 0.25) is 0 Å². The molecule has 1 saturated carbocycles. The first-order chi connectivity index (χ1) is 8.60. The molecule has 0 bridgehead atoms. The Morgan fingerprint density at radius 2 is 1.94 bits per heavy atom. The summed E-state index contributed by atoms with van der Waals surface area (Å²) in [6, 6.07) is 3.74. The predicted molar refractivity (Wildman–Crippen MR) is 73.5 cm³/mol. The van der Waals surface area contributed by atoms with Crippen molar-refractivity contribution in [3.63, 3.8) is 0 Å². The quantitative estimate of drug-likeness (QED) is 0.910. The molecule has 100 valence electrons. The zero-order valence-electron chi connectivity index (χ0n) is 11.0. The third-order valence-corrected chi connectivity index (χ3v) is 3.88. The number of benzene rings is 1. The minimum Gasteiger partial charge on any atom is -0.495 e. The van der Waals surface area contributed by atoms with Crippen LogP contribution in [0.4, 0.5) is 0 Å². The number of methoxy groups -OCH3 is 1. The molecule has 0 atom stereocenters. The van der Waals surface area contributed by atoms with Gasteiger partial charge in [-0.15, -0.1) is 0 Å². The van der Waals surface area contributed by atoms with Crippen LogP contribution in [0.5, 0.6) is 11.5 Å². The van der Waals surface area contributed by atoms with Crippen molar-refractivity contribution in [2.45, 2.75) is 38.1 Å². The van der Waals surface area contributed by atoms with Crippen LogP contribution in [0.15, 0.2) is 12.1 Å². The predicted octanol–water partition coefficient (Wildman–Crippen LogP) is 3.48. The molecule has 1 aliphatic rings. The van der Waals surface area contributed by atoms with E-state index in [1.807, 2.05) is 19.1 Å². The summed E-state index contributed by atoms with van der Waals surface area (Å²) in [4.78, 5) is 0. The van der Waals surface area contributed by atoms with E-state index in [1.54, 1.807) is 7.11 Å². The van der Waals surface area contributed by atoms with Crippen LogP contribution in [-0.2, 0) is 5.54 Å². The van der Waals surface area contributed by atoms with Crippen LogP contribution >= 0.6 is 11.6 Å². The van der Waals surface area contributed by atoms with Gasteiger partial charge in [-0.25, -0.2) is 0 Å². The molecule has 1 aromatic rings. The lowest BCUT2D eigenvalue weighted by atomic mass is 9.88. The van der Waals surface area contributed by atoms with Gasteiger partial charge in [0.1, 0.15) is 11.5 Å². The zero-order valence-corrected chi connectivity index (χ0v) is 11.7. The highest BCUT2D eigenvalue weighted by molar-refractivity contribution is 6.32. The third-order valence-electron chi connectivity index (χ3n) is 3.59. The Morgan fingerprint density at radius 3 is 2.50 bits per heavy atom. The second kappa shape index (κ2) is 5.37. The van der Waals surface area contributed by atoms with Gasteiger partial charge in [0, 0.05) is 17.2 Å². The molecule has 2 rings (SSSR count). The Morgan fingerprint density at radius 1 is 1.28 bits per heavy atom. The van der Waals surface area contributed by atoms with Gasteiger partial charge in [0.15, 0.2) is 0 Å². The van der Waals surface area contributed by atoms with Crippen molar-refractivity contribution in [2.24, 2.45) is 5.73 Å². The van der Waals surface area contributed by atoms with Crippen LogP contribution in [-0.4, -0.2) is 13.7 Å². The van der Waals surface area contributed by atoms with E-state index in [2.05, 4.69) is 0 Å². The van der Waals surface area contributed by atoms with E-state index >= 15 is 0 Å². The first-order valence-electron chi connectivity index (χ1n) is 6.40. The van der Waals surface area contributed by atoms with Crippen molar-refractivity contribution >= 4 is 11.6 Å². The van der Waals surface area contributed by atoms with E-state index in [9.17, 15) is 0 Å². The van der Waals surface area contributed by atoms with Crippen molar-refractivity contribution in [1.29, 1.82) is 0 Å². The van der Waals surface area contributed by atoms with Crippen molar-refractivity contribution in [3.8, 4) is 11.5 Å². The molecule has 3 nitrogen and oxygen atoms in total. The molecule has 0 unspecified atom stereocenters. The molecule has 1 aliphatic carbocycles. The van der Waals surface area contributed by atoms with Gasteiger partial charge in [0.05, 0.1) is 18.7 Å². The third kappa shape index (κ3) is 2.43. The molecule has 18 heavy (non-hydrogen) atoms. The molecule has 0 saturated heterocycles. The van der Waals surface area contributed by atoms with E-state index in [0.717, 1.165) is 37.0 Å². The molecule has 0 heterocycles. The summed E-state index contributed by atoms with van der Waals surface area (Å²) in [7, 11) is 1.60. The Kier molecular flexibility index (Phi) is 4.03. The van der Waals surface area contributed by atoms with Gasteiger partial charge in [-0.2, -0.15) is 0 Å². The molecule has 0 radical (unpaired) electrons. The summed E-state index contributed by atoms with van der Waals surface area (Å²) < 4.78 is 10.9. The van der Waals surface area contributed by atoms with Crippen LogP contribution < -0.4 is 15.2 Å². The summed E-state index contributed by atoms with van der Waals surface area (Å²) in [5.74, 6) is 1.42. The normalized spacial score (nSPS) is 17.8. The standard InChI is InChI=1S/C14H20ClNO2/c1-3-18-12-9-13(17-2)11(15)8-10(12)14(16)6-4-5-7-14/h8-9H,3-7,16H2,1-2H3. The topological polar surface area (TPSA) is 44.5 Å². The number of nitrogens with two attached hydrogens (primary N) is 1. The lowest BCUT2D eigenvalue weighted by Gasteiger charge is -2.27. The fourth-order valence-electron chi connectivity index (χ4n) is 2.63. The van der Waals surface area contributed by atoms with Crippen molar-refractivity contribution in [1.82, 2.24) is 0 Å². The highest BCUT2D eigenvalue weighted by Crippen LogP contribution is 2.44. The minimum absolute atomic E-state index is 0.305. The molecule has 4 heteroatoms. The summed E-state index contributed by atoms with van der Waals surface area (Å²) >= 11 is 6.21. The van der Waals surface area contributed by atoms with Crippen molar-refractivity contribution in [2.75, 3.05) is 13.7 Å². The number of rotatable bonds is 4. The van der Waals surface area contributed by atoms with Crippen molar-refractivity contribution < 1.29 is 9.47 Å². The average molecular weight is 270 g/mol. The molecule has 1 fully saturated rings. The van der Waals surface area contributed by atoms with Gasteiger partial charge in [0.25, 0.3) is 0 Å². The van der Waals surface area contributed by atoms with Crippen LogP contribution in [0, 0.1) is 0 Å². The van der Waals surface area contributed by atoms with E-state index in [4.69, 9.17) is 26.8 Å². The maximum atomic E-state index is 6.49. The Balaban J connectivity index is 2.47. The second-order valence-corrected chi connectivity index (χ2v) is 5.19. The van der Waals surface area contributed by atoms with E-state index in [0.29, 0.717) is 17.4 Å². The molecular weight excluding hydrogens is 250 g/mol. The minimum atomic E-state index is -0.305. The van der Waals surface area contributed by atoms with E-state index in [-0.39, 0.29) is 5.54 Å². The Hall–Kier alpha value is -0.930. The maximum Gasteiger partial charge on any atom is 0.141 e. The zero-order chi connectivity index (χ0) is 13.2. The first-order valence-corrected chi connectivity index (χ1v) is 6.78. The molecular formula is C14H20ClNO2. The molecule has 2 N–H and O–H groups in total. The molecule has 1 aromatic carbocycles. The molecule has 0 spiro atoms. The summed E-state index contributed by atoms with van der Waals surface area (Å²) in [5, 5.41) is 0.590. The highest BCUT2D eigenvalue weighted by atomic mass is 35.5. The fraction of sp³-hybridized carbons (Fsp3) is 0.571. The van der Waals surface area contributed by atoms with Gasteiger partial charge in [-0.05, 0) is 25.8 Å². The van der Waals surface area contributed by atoms with Crippen LogP contribution in [0.3, 0.4) is 0 Å². The van der Waals surface area contributed by atoms with E-state index < -0.39 is 0 Å². The van der Waals surface area contributed by atoms with Crippen LogP contribution in [0.1, 0.15) is 38.2 Å². The largest absolute Gasteiger partial charge is 0.495 e. The van der Waals surface area contributed by atoms with E-state index in [1.165, 1.54) is 0 Å². The first kappa shape index (κ1) is 13.5. The van der Waals surface area contributed by atoms with Crippen LogP contribution in [0.25, 0.3) is 0 Å². The monoisotopic (exact) mass is 269 g/mol. The SMILES string of the molecule is CCOc1cc(OC)c(Cl)cc1C1(N)CCCC1. The Labute approximate surface area is 113 Å². The summed E-state index contributed by atoms with van der Waals surface area (Å²) in [5.41, 5.74) is 7.19. The molecule has 0 aliphatic heterocycles. The average Bonchev–Trinajstić information content (AvgIpc) is 2.79. The second-order valence-electron chi connectivity index (χ2n) is 4.78. The summed E-state index contributed by atoms with van der Waals surface area (Å²) in [6.07, 6.45) is 4.28. The molecule has 0 aromatic heterocycles. The maximum absolute atomic E-state index is 6.49. The van der Waals surface area contributed by atoms with Crippen molar-refractivity contribution in [3.05, 3.63) is 22.7 Å². The Bertz CT molecular complexity index is 428. The van der Waals surface area contributed by atoms with Gasteiger partial charge in [-0.3, -0.25) is 0 Å². The highest BCUT2D eigenvalue weighted by Gasteiger charge is 2.34. The summed E-state index contributed by atoms with van der Waals surface area (Å²) in [6.45, 7) is 2.57. The fourth-order valence-corrected chi connectivity index (χ4v) is 2.87. The number of hydrogen-bond donors (Lipinski definition) is 1. The van der Waals surface area contributed by atoms with Gasteiger partial charge in [-0.1, -0.05) is 24.4 Å². The number of halogens is 1. The lowest BCUT2D eigenvalue weighted by molar-refractivity contribution is 0.319. The number of hydrogen-bond acceptors (Lipinski definition) is 3. The lowest BCUT2D eigenvalue weighted by Crippen LogP contribution is -2.33. The van der Waals surface area contributed by atoms with Crippen LogP contribution in [0.2, 0.25) is 5.02 Å². The smallest absolute Gasteiger partial charge is 0.141 e.